The van der Waals surface area contributed by atoms with E-state index < -0.39 is 0 Å². The molecule has 0 saturated heterocycles. The van der Waals surface area contributed by atoms with Crippen LogP contribution in [0.4, 0.5) is 5.69 Å². The van der Waals surface area contributed by atoms with Crippen LogP contribution in [0.25, 0.3) is 0 Å². The Morgan fingerprint density at radius 2 is 2.11 bits per heavy atom. The Morgan fingerprint density at radius 1 is 1.42 bits per heavy atom. The second-order valence-corrected chi connectivity index (χ2v) is 3.98. The minimum atomic E-state index is -0.171. The number of hydrogen-bond donors (Lipinski definition) is 1. The maximum atomic E-state index is 12.1. The third-order valence-electron chi connectivity index (χ3n) is 2.49. The van der Waals surface area contributed by atoms with Crippen molar-refractivity contribution in [1.29, 1.82) is 0 Å². The number of carbonyl (C=O) groups excluding carboxylic acids is 1. The highest BCUT2D eigenvalue weighted by Crippen LogP contribution is 2.13. The van der Waals surface area contributed by atoms with E-state index in [1.54, 1.807) is 38.2 Å². The Morgan fingerprint density at radius 3 is 2.68 bits per heavy atom. The van der Waals surface area contributed by atoms with Crippen LogP contribution in [0.3, 0.4) is 0 Å². The highest BCUT2D eigenvalue weighted by Gasteiger charge is 2.16. The quantitative estimate of drug-likeness (QED) is 0.865. The van der Waals surface area contributed by atoms with Crippen LogP contribution < -0.4 is 5.73 Å². The molecule has 1 aromatic heterocycles. The SMILES string of the molecule is Cc1nc(CN(C)C(=O)c2ccccc2N)no1.Cl. The zero-order chi connectivity index (χ0) is 13.1. The number of benzene rings is 1. The van der Waals surface area contributed by atoms with E-state index in [2.05, 4.69) is 10.1 Å². The molecule has 0 spiro atoms. The maximum absolute atomic E-state index is 12.1. The monoisotopic (exact) mass is 282 g/mol. The Hall–Kier alpha value is -2.08. The van der Waals surface area contributed by atoms with Crippen molar-refractivity contribution >= 4 is 24.0 Å². The van der Waals surface area contributed by atoms with E-state index >= 15 is 0 Å². The van der Waals surface area contributed by atoms with Crippen LogP contribution in [0.15, 0.2) is 28.8 Å². The number of aromatic nitrogens is 2. The van der Waals surface area contributed by atoms with Crippen molar-refractivity contribution in [3.8, 4) is 0 Å². The molecule has 0 bridgehead atoms. The van der Waals surface area contributed by atoms with Gasteiger partial charge in [0.05, 0.1) is 12.1 Å². The fraction of sp³-hybridized carbons (Fsp3) is 0.250. The Labute approximate surface area is 117 Å². The summed E-state index contributed by atoms with van der Waals surface area (Å²) in [4.78, 5) is 17.7. The molecule has 0 unspecified atom stereocenters. The van der Waals surface area contributed by atoms with Crippen LogP contribution in [0, 0.1) is 6.92 Å². The van der Waals surface area contributed by atoms with Crippen LogP contribution in [0.1, 0.15) is 22.1 Å². The minimum absolute atomic E-state index is 0. The van der Waals surface area contributed by atoms with Crippen molar-refractivity contribution in [2.75, 3.05) is 12.8 Å². The van der Waals surface area contributed by atoms with E-state index in [4.69, 9.17) is 10.3 Å². The first kappa shape index (κ1) is 15.0. The van der Waals surface area contributed by atoms with E-state index in [0.717, 1.165) is 0 Å². The molecular weight excluding hydrogens is 268 g/mol. The molecule has 1 heterocycles. The molecule has 102 valence electrons. The molecule has 19 heavy (non-hydrogen) atoms. The van der Waals surface area contributed by atoms with Gasteiger partial charge in [-0.25, -0.2) is 0 Å². The molecule has 0 aliphatic heterocycles. The number of carbonyl (C=O) groups is 1. The van der Waals surface area contributed by atoms with Gasteiger partial charge in [0, 0.05) is 19.7 Å². The highest BCUT2D eigenvalue weighted by molar-refractivity contribution is 5.98. The Balaban J connectivity index is 0.00000180. The number of rotatable bonds is 3. The summed E-state index contributed by atoms with van der Waals surface area (Å²) in [6.07, 6.45) is 0. The predicted octanol–water partition coefficient (Wildman–Crippen LogP) is 1.65. The molecule has 2 N–H and O–H groups in total. The molecule has 0 radical (unpaired) electrons. The normalized spacial score (nSPS) is 9.79. The molecule has 0 fully saturated rings. The number of nitrogen functional groups attached to an aromatic ring is 1. The van der Waals surface area contributed by atoms with Crippen LogP contribution in [0.5, 0.6) is 0 Å². The number of nitrogens with zero attached hydrogens (tertiary/aromatic N) is 3. The molecule has 2 rings (SSSR count). The molecule has 7 heteroatoms. The number of halogens is 1. The van der Waals surface area contributed by atoms with E-state index in [-0.39, 0.29) is 24.9 Å². The van der Waals surface area contributed by atoms with Crippen molar-refractivity contribution in [3.05, 3.63) is 41.5 Å². The first-order valence-electron chi connectivity index (χ1n) is 5.47. The summed E-state index contributed by atoms with van der Waals surface area (Å²) >= 11 is 0. The van der Waals surface area contributed by atoms with E-state index in [1.165, 1.54) is 4.90 Å². The smallest absolute Gasteiger partial charge is 0.256 e. The van der Waals surface area contributed by atoms with Gasteiger partial charge in [-0.3, -0.25) is 4.79 Å². The molecule has 0 atom stereocenters. The van der Waals surface area contributed by atoms with Crippen molar-refractivity contribution in [2.24, 2.45) is 0 Å². The van der Waals surface area contributed by atoms with Crippen LogP contribution in [-0.2, 0) is 6.54 Å². The molecular formula is C12H15ClN4O2. The number of hydrogen-bond acceptors (Lipinski definition) is 5. The van der Waals surface area contributed by atoms with Gasteiger partial charge >= 0.3 is 0 Å². The lowest BCUT2D eigenvalue weighted by molar-refractivity contribution is 0.0781. The molecule has 0 saturated carbocycles. The molecule has 1 aromatic carbocycles. The Kier molecular flexibility index (Phi) is 4.88. The van der Waals surface area contributed by atoms with Crippen molar-refractivity contribution < 1.29 is 9.32 Å². The van der Waals surface area contributed by atoms with Crippen LogP contribution in [0.2, 0.25) is 0 Å². The molecule has 0 aliphatic rings. The topological polar surface area (TPSA) is 85.2 Å². The summed E-state index contributed by atoms with van der Waals surface area (Å²) in [5.74, 6) is 0.776. The average molecular weight is 283 g/mol. The highest BCUT2D eigenvalue weighted by atomic mass is 35.5. The number of para-hydroxylation sites is 1. The first-order chi connectivity index (χ1) is 8.58. The fourth-order valence-electron chi connectivity index (χ4n) is 1.59. The van der Waals surface area contributed by atoms with E-state index in [1.807, 2.05) is 0 Å². The van der Waals surface area contributed by atoms with E-state index in [9.17, 15) is 4.79 Å². The summed E-state index contributed by atoms with van der Waals surface area (Å²) in [5.41, 5.74) is 6.69. The number of anilines is 1. The lowest BCUT2D eigenvalue weighted by Crippen LogP contribution is -2.27. The van der Waals surface area contributed by atoms with Gasteiger partial charge in [0.1, 0.15) is 0 Å². The fourth-order valence-corrected chi connectivity index (χ4v) is 1.59. The first-order valence-corrected chi connectivity index (χ1v) is 5.47. The largest absolute Gasteiger partial charge is 0.398 e. The van der Waals surface area contributed by atoms with Crippen LogP contribution in [-0.4, -0.2) is 28.0 Å². The molecule has 6 nitrogen and oxygen atoms in total. The second kappa shape index (κ2) is 6.19. The molecule has 1 amide bonds. The summed E-state index contributed by atoms with van der Waals surface area (Å²) in [5, 5.41) is 3.74. The van der Waals surface area contributed by atoms with Gasteiger partial charge in [-0.15, -0.1) is 12.4 Å². The third-order valence-corrected chi connectivity index (χ3v) is 2.49. The van der Waals surface area contributed by atoms with Crippen molar-refractivity contribution in [2.45, 2.75) is 13.5 Å². The average Bonchev–Trinajstić information content (AvgIpc) is 2.74. The number of amides is 1. The van der Waals surface area contributed by atoms with Crippen molar-refractivity contribution in [3.63, 3.8) is 0 Å². The third kappa shape index (κ3) is 3.45. The van der Waals surface area contributed by atoms with Gasteiger partial charge in [-0.05, 0) is 12.1 Å². The number of aryl methyl sites for hydroxylation is 1. The van der Waals surface area contributed by atoms with Gasteiger partial charge in [0.2, 0.25) is 5.89 Å². The lowest BCUT2D eigenvalue weighted by atomic mass is 10.1. The molecule has 2 aromatic rings. The van der Waals surface area contributed by atoms with Gasteiger partial charge in [-0.2, -0.15) is 4.98 Å². The second-order valence-electron chi connectivity index (χ2n) is 3.98. The van der Waals surface area contributed by atoms with Gasteiger partial charge in [-0.1, -0.05) is 17.3 Å². The zero-order valence-corrected chi connectivity index (χ0v) is 11.5. The minimum Gasteiger partial charge on any atom is -0.398 e. The van der Waals surface area contributed by atoms with Crippen molar-refractivity contribution in [1.82, 2.24) is 15.0 Å². The zero-order valence-electron chi connectivity index (χ0n) is 10.7. The van der Waals surface area contributed by atoms with Gasteiger partial charge in [0.25, 0.3) is 5.91 Å². The number of nitrogens with two attached hydrogens (primary N) is 1. The molecule has 0 aliphatic carbocycles. The van der Waals surface area contributed by atoms with Gasteiger partial charge < -0.3 is 15.2 Å². The standard InChI is InChI=1S/C12H14N4O2.ClH/c1-8-14-11(15-18-8)7-16(2)12(17)9-5-3-4-6-10(9)13;/h3-6H,7,13H2,1-2H3;1H. The summed E-state index contributed by atoms with van der Waals surface area (Å²) in [6.45, 7) is 1.98. The van der Waals surface area contributed by atoms with Crippen LogP contribution >= 0.6 is 12.4 Å². The summed E-state index contributed by atoms with van der Waals surface area (Å²) in [6, 6.07) is 6.94. The lowest BCUT2D eigenvalue weighted by Gasteiger charge is -2.16. The Bertz CT molecular complexity index is 570. The van der Waals surface area contributed by atoms with E-state index in [0.29, 0.717) is 23.0 Å². The summed E-state index contributed by atoms with van der Waals surface area (Å²) < 4.78 is 4.85. The van der Waals surface area contributed by atoms with Gasteiger partial charge in [0.15, 0.2) is 5.82 Å². The summed E-state index contributed by atoms with van der Waals surface area (Å²) in [7, 11) is 1.67. The maximum Gasteiger partial charge on any atom is 0.256 e. The predicted molar refractivity (Wildman–Crippen MR) is 72.9 cm³/mol.